The van der Waals surface area contributed by atoms with E-state index in [2.05, 4.69) is 34.7 Å². The van der Waals surface area contributed by atoms with Crippen LogP contribution in [0.3, 0.4) is 0 Å². The summed E-state index contributed by atoms with van der Waals surface area (Å²) in [5.41, 5.74) is 1.74. The van der Waals surface area contributed by atoms with Crippen molar-refractivity contribution in [3.63, 3.8) is 0 Å². The lowest BCUT2D eigenvalue weighted by atomic mass is 9.79. The molecule has 1 fully saturated rings. The second-order valence-electron chi connectivity index (χ2n) is 5.86. The van der Waals surface area contributed by atoms with Gasteiger partial charge in [0.15, 0.2) is 5.69 Å². The minimum atomic E-state index is -0.158. The monoisotopic (exact) mass is 284 g/mol. The molecule has 1 N–H and O–H groups in total. The Morgan fingerprint density at radius 3 is 2.62 bits per heavy atom. The molecule has 1 amide bonds. The van der Waals surface area contributed by atoms with Crippen LogP contribution >= 0.6 is 0 Å². The molecule has 1 saturated carbocycles. The number of carbonyl (C=O) groups excluding carboxylic acids is 1. The average Bonchev–Trinajstić information content (AvgIpc) is 3.16. The van der Waals surface area contributed by atoms with E-state index in [0.29, 0.717) is 18.0 Å². The SMILES string of the molecule is Cc1cc(C(=O)NCC2(c3ccccc3)CCCC2)no1. The normalized spacial score (nSPS) is 16.8. The molecule has 0 unspecified atom stereocenters. The van der Waals surface area contributed by atoms with Gasteiger partial charge in [-0.25, -0.2) is 0 Å². The molecule has 0 saturated heterocycles. The van der Waals surface area contributed by atoms with Gasteiger partial charge in [-0.15, -0.1) is 0 Å². The molecule has 0 aliphatic heterocycles. The van der Waals surface area contributed by atoms with Crippen LogP contribution < -0.4 is 5.32 Å². The van der Waals surface area contributed by atoms with Crippen molar-refractivity contribution < 1.29 is 9.32 Å². The van der Waals surface area contributed by atoms with E-state index < -0.39 is 0 Å². The lowest BCUT2D eigenvalue weighted by Gasteiger charge is -2.29. The van der Waals surface area contributed by atoms with Gasteiger partial charge >= 0.3 is 0 Å². The van der Waals surface area contributed by atoms with Crippen LogP contribution in [0.5, 0.6) is 0 Å². The standard InChI is InChI=1S/C17H20N2O2/c1-13-11-15(19-21-13)16(20)18-12-17(9-5-6-10-17)14-7-3-2-4-8-14/h2-4,7-8,11H,5-6,9-10,12H2,1H3,(H,18,20). The molecule has 1 heterocycles. The van der Waals surface area contributed by atoms with Gasteiger partial charge in [-0.1, -0.05) is 48.3 Å². The molecule has 1 aliphatic rings. The Kier molecular flexibility index (Phi) is 3.78. The number of hydrogen-bond donors (Lipinski definition) is 1. The van der Waals surface area contributed by atoms with E-state index in [1.165, 1.54) is 18.4 Å². The smallest absolute Gasteiger partial charge is 0.273 e. The first-order chi connectivity index (χ1) is 10.2. The Hall–Kier alpha value is -2.10. The van der Waals surface area contributed by atoms with Gasteiger partial charge in [0.2, 0.25) is 0 Å². The molecular formula is C17H20N2O2. The molecule has 3 rings (SSSR count). The number of carbonyl (C=O) groups is 1. The molecule has 1 aromatic carbocycles. The molecule has 110 valence electrons. The van der Waals surface area contributed by atoms with Crippen LogP contribution in [0.25, 0.3) is 0 Å². The number of benzene rings is 1. The second kappa shape index (κ2) is 5.72. The fourth-order valence-electron chi connectivity index (χ4n) is 3.22. The van der Waals surface area contributed by atoms with Crippen molar-refractivity contribution in [3.8, 4) is 0 Å². The first-order valence-electron chi connectivity index (χ1n) is 7.47. The molecular weight excluding hydrogens is 264 g/mol. The fraction of sp³-hybridized carbons (Fsp3) is 0.412. The summed E-state index contributed by atoms with van der Waals surface area (Å²) >= 11 is 0. The number of hydrogen-bond acceptors (Lipinski definition) is 3. The average molecular weight is 284 g/mol. The number of aromatic nitrogens is 1. The third kappa shape index (κ3) is 2.84. The minimum Gasteiger partial charge on any atom is -0.361 e. The van der Waals surface area contributed by atoms with E-state index in [1.807, 2.05) is 6.07 Å². The largest absolute Gasteiger partial charge is 0.361 e. The molecule has 21 heavy (non-hydrogen) atoms. The van der Waals surface area contributed by atoms with Crippen LogP contribution in [0.2, 0.25) is 0 Å². The molecule has 4 heteroatoms. The Morgan fingerprint density at radius 2 is 2.00 bits per heavy atom. The van der Waals surface area contributed by atoms with Crippen LogP contribution in [0.1, 0.15) is 47.5 Å². The molecule has 4 nitrogen and oxygen atoms in total. The molecule has 1 aliphatic carbocycles. The summed E-state index contributed by atoms with van der Waals surface area (Å²) in [4.78, 5) is 12.2. The molecule has 0 radical (unpaired) electrons. The van der Waals surface area contributed by atoms with Crippen molar-refractivity contribution in [1.29, 1.82) is 0 Å². The van der Waals surface area contributed by atoms with Crippen molar-refractivity contribution >= 4 is 5.91 Å². The Balaban J connectivity index is 1.73. The number of nitrogens with one attached hydrogen (secondary N) is 1. The van der Waals surface area contributed by atoms with Crippen molar-refractivity contribution in [1.82, 2.24) is 10.5 Å². The van der Waals surface area contributed by atoms with Gasteiger partial charge in [0.1, 0.15) is 5.76 Å². The third-order valence-corrected chi connectivity index (χ3v) is 4.39. The van der Waals surface area contributed by atoms with Gasteiger partial charge in [0, 0.05) is 18.0 Å². The molecule has 0 atom stereocenters. The van der Waals surface area contributed by atoms with Crippen LogP contribution in [0, 0.1) is 6.92 Å². The van der Waals surface area contributed by atoms with E-state index in [1.54, 1.807) is 13.0 Å². The molecule has 2 aromatic rings. The predicted octanol–water partition coefficient (Wildman–Crippen LogP) is 3.22. The summed E-state index contributed by atoms with van der Waals surface area (Å²) in [7, 11) is 0. The highest BCUT2D eigenvalue weighted by Gasteiger charge is 2.35. The van der Waals surface area contributed by atoms with Gasteiger partial charge in [-0.3, -0.25) is 4.79 Å². The highest BCUT2D eigenvalue weighted by atomic mass is 16.5. The second-order valence-corrected chi connectivity index (χ2v) is 5.86. The number of rotatable bonds is 4. The number of nitrogens with zero attached hydrogens (tertiary/aromatic N) is 1. The summed E-state index contributed by atoms with van der Waals surface area (Å²) in [5, 5.41) is 6.80. The molecule has 0 spiro atoms. The van der Waals surface area contributed by atoms with E-state index in [-0.39, 0.29) is 11.3 Å². The lowest BCUT2D eigenvalue weighted by Crippen LogP contribution is -2.39. The van der Waals surface area contributed by atoms with Gasteiger partial charge in [0.25, 0.3) is 5.91 Å². The Labute approximate surface area is 124 Å². The quantitative estimate of drug-likeness (QED) is 0.937. The van der Waals surface area contributed by atoms with Gasteiger partial charge in [-0.05, 0) is 25.3 Å². The summed E-state index contributed by atoms with van der Waals surface area (Å²) < 4.78 is 4.96. The first kappa shape index (κ1) is 13.9. The zero-order valence-electron chi connectivity index (χ0n) is 12.3. The highest BCUT2D eigenvalue weighted by Crippen LogP contribution is 2.40. The zero-order valence-corrected chi connectivity index (χ0v) is 12.3. The maximum atomic E-state index is 12.2. The Bertz CT molecular complexity index is 613. The van der Waals surface area contributed by atoms with Gasteiger partial charge in [-0.2, -0.15) is 0 Å². The number of aryl methyl sites for hydroxylation is 1. The third-order valence-electron chi connectivity index (χ3n) is 4.39. The van der Waals surface area contributed by atoms with Crippen LogP contribution in [-0.2, 0) is 5.41 Å². The lowest BCUT2D eigenvalue weighted by molar-refractivity contribution is 0.0934. The first-order valence-corrected chi connectivity index (χ1v) is 7.47. The van der Waals surface area contributed by atoms with Crippen molar-refractivity contribution in [2.24, 2.45) is 0 Å². The van der Waals surface area contributed by atoms with Crippen LogP contribution in [0.15, 0.2) is 40.9 Å². The van der Waals surface area contributed by atoms with Crippen molar-refractivity contribution in [2.45, 2.75) is 38.0 Å². The topological polar surface area (TPSA) is 55.1 Å². The zero-order chi connectivity index (χ0) is 14.7. The van der Waals surface area contributed by atoms with Gasteiger partial charge in [0.05, 0.1) is 0 Å². The summed E-state index contributed by atoms with van der Waals surface area (Å²) in [6.07, 6.45) is 4.67. The Morgan fingerprint density at radius 1 is 1.29 bits per heavy atom. The summed E-state index contributed by atoms with van der Waals surface area (Å²) in [6.45, 7) is 2.44. The fourth-order valence-corrected chi connectivity index (χ4v) is 3.22. The molecule has 0 bridgehead atoms. The highest BCUT2D eigenvalue weighted by molar-refractivity contribution is 5.92. The maximum absolute atomic E-state index is 12.2. The van der Waals surface area contributed by atoms with E-state index in [4.69, 9.17) is 4.52 Å². The maximum Gasteiger partial charge on any atom is 0.273 e. The summed E-state index contributed by atoms with van der Waals surface area (Å²) in [6, 6.07) is 12.2. The van der Waals surface area contributed by atoms with Crippen molar-refractivity contribution in [3.05, 3.63) is 53.4 Å². The van der Waals surface area contributed by atoms with E-state index >= 15 is 0 Å². The van der Waals surface area contributed by atoms with E-state index in [0.717, 1.165) is 12.8 Å². The summed E-state index contributed by atoms with van der Waals surface area (Å²) in [5.74, 6) is 0.493. The number of amides is 1. The predicted molar refractivity (Wildman–Crippen MR) is 80.2 cm³/mol. The molecule has 1 aromatic heterocycles. The van der Waals surface area contributed by atoms with Crippen molar-refractivity contribution in [2.75, 3.05) is 6.54 Å². The van der Waals surface area contributed by atoms with Crippen LogP contribution in [0.4, 0.5) is 0 Å². The van der Waals surface area contributed by atoms with E-state index in [9.17, 15) is 4.79 Å². The van der Waals surface area contributed by atoms with Crippen LogP contribution in [-0.4, -0.2) is 17.6 Å². The minimum absolute atomic E-state index is 0.0652. The van der Waals surface area contributed by atoms with Gasteiger partial charge < -0.3 is 9.84 Å².